The Morgan fingerprint density at radius 3 is 2.39 bits per heavy atom. The number of rotatable bonds is 9. The monoisotopic (exact) mass is 590 g/mol. The highest BCUT2D eigenvalue weighted by atomic mass is 16.7. The van der Waals surface area contributed by atoms with Crippen LogP contribution in [0.25, 0.3) is 22.2 Å². The highest BCUT2D eigenvalue weighted by Gasteiger charge is 2.38. The molecule has 226 valence electrons. The van der Waals surface area contributed by atoms with Gasteiger partial charge < -0.3 is 29.8 Å². The Balaban J connectivity index is 1.27. The SMILES string of the molecule is CCNC(=O)NCc1ccccc1-c1ccc(C2OC(Cn3cnc4ccccc43)C(C)C(c3ccc(CO)cc3)O2)cc1. The maximum absolute atomic E-state index is 12.0. The number of fused-ring (bicyclic) bond motifs is 1. The van der Waals surface area contributed by atoms with Crippen molar-refractivity contribution in [3.05, 3.63) is 126 Å². The van der Waals surface area contributed by atoms with E-state index in [0.29, 0.717) is 19.6 Å². The van der Waals surface area contributed by atoms with E-state index in [1.807, 2.05) is 73.9 Å². The third-order valence-corrected chi connectivity index (χ3v) is 8.32. The van der Waals surface area contributed by atoms with Gasteiger partial charge in [-0.05, 0) is 46.9 Å². The predicted octanol–water partition coefficient (Wildman–Crippen LogP) is 6.51. The van der Waals surface area contributed by atoms with Gasteiger partial charge in [-0.1, -0.05) is 91.9 Å². The van der Waals surface area contributed by atoms with Crippen molar-refractivity contribution in [3.8, 4) is 11.1 Å². The van der Waals surface area contributed by atoms with Crippen molar-refractivity contribution in [2.45, 2.75) is 52.0 Å². The highest BCUT2D eigenvalue weighted by molar-refractivity contribution is 5.75. The molecule has 1 aliphatic heterocycles. The van der Waals surface area contributed by atoms with Gasteiger partial charge in [-0.2, -0.15) is 0 Å². The van der Waals surface area contributed by atoms with E-state index in [4.69, 9.17) is 9.47 Å². The average molecular weight is 591 g/mol. The van der Waals surface area contributed by atoms with E-state index in [9.17, 15) is 9.90 Å². The quantitative estimate of drug-likeness (QED) is 0.182. The zero-order chi connectivity index (χ0) is 30.5. The van der Waals surface area contributed by atoms with Crippen LogP contribution in [0.4, 0.5) is 4.79 Å². The van der Waals surface area contributed by atoms with Crippen molar-refractivity contribution in [3.63, 3.8) is 0 Å². The largest absolute Gasteiger partial charge is 0.392 e. The molecule has 1 aromatic heterocycles. The van der Waals surface area contributed by atoms with E-state index in [-0.39, 0.29) is 30.8 Å². The molecule has 6 rings (SSSR count). The Kier molecular flexibility index (Phi) is 9.02. The minimum absolute atomic E-state index is 0.000891. The third-order valence-electron chi connectivity index (χ3n) is 8.32. The van der Waals surface area contributed by atoms with Crippen molar-refractivity contribution in [1.29, 1.82) is 0 Å². The molecule has 5 aromatic rings. The number of nitrogens with zero attached hydrogens (tertiary/aromatic N) is 2. The molecule has 8 nitrogen and oxygen atoms in total. The summed E-state index contributed by atoms with van der Waals surface area (Å²) in [4.78, 5) is 16.6. The molecule has 44 heavy (non-hydrogen) atoms. The van der Waals surface area contributed by atoms with Crippen molar-refractivity contribution < 1.29 is 19.4 Å². The molecule has 4 atom stereocenters. The first-order valence-corrected chi connectivity index (χ1v) is 15.1. The van der Waals surface area contributed by atoms with Gasteiger partial charge in [0.05, 0.1) is 42.7 Å². The fourth-order valence-electron chi connectivity index (χ4n) is 5.85. The first kappa shape index (κ1) is 29.6. The van der Waals surface area contributed by atoms with Crippen LogP contribution < -0.4 is 10.6 Å². The number of urea groups is 1. The number of carbonyl (C=O) groups is 1. The minimum Gasteiger partial charge on any atom is -0.392 e. The Labute approximate surface area is 257 Å². The summed E-state index contributed by atoms with van der Waals surface area (Å²) < 4.78 is 15.5. The molecule has 0 spiro atoms. The van der Waals surface area contributed by atoms with Crippen LogP contribution in [0.15, 0.2) is 103 Å². The van der Waals surface area contributed by atoms with Gasteiger partial charge in [0.2, 0.25) is 0 Å². The van der Waals surface area contributed by atoms with Crippen molar-refractivity contribution in [2.75, 3.05) is 6.54 Å². The number of nitrogens with one attached hydrogen (secondary N) is 2. The number of aromatic nitrogens is 2. The van der Waals surface area contributed by atoms with Crippen LogP contribution in [0.3, 0.4) is 0 Å². The van der Waals surface area contributed by atoms with Crippen LogP contribution in [-0.4, -0.2) is 33.3 Å². The van der Waals surface area contributed by atoms with Crippen LogP contribution in [0.1, 0.15) is 48.5 Å². The molecule has 0 aliphatic carbocycles. The van der Waals surface area contributed by atoms with E-state index in [1.54, 1.807) is 0 Å². The second kappa shape index (κ2) is 13.4. The van der Waals surface area contributed by atoms with Gasteiger partial charge in [0.1, 0.15) is 0 Å². The summed E-state index contributed by atoms with van der Waals surface area (Å²) >= 11 is 0. The molecule has 0 bridgehead atoms. The van der Waals surface area contributed by atoms with Crippen molar-refractivity contribution in [1.82, 2.24) is 20.2 Å². The Morgan fingerprint density at radius 1 is 0.886 bits per heavy atom. The van der Waals surface area contributed by atoms with Gasteiger partial charge in [-0.25, -0.2) is 9.78 Å². The first-order chi connectivity index (χ1) is 21.5. The third kappa shape index (κ3) is 6.38. The number of para-hydroxylation sites is 2. The molecule has 1 saturated heterocycles. The molecule has 1 fully saturated rings. The number of hydrogen-bond acceptors (Lipinski definition) is 5. The fourth-order valence-corrected chi connectivity index (χ4v) is 5.85. The molecule has 2 heterocycles. The summed E-state index contributed by atoms with van der Waals surface area (Å²) in [5.74, 6) is 0.0518. The summed E-state index contributed by atoms with van der Waals surface area (Å²) in [6.07, 6.45) is 0.956. The lowest BCUT2D eigenvalue weighted by Gasteiger charge is -2.41. The number of ether oxygens (including phenoxy) is 2. The van der Waals surface area contributed by atoms with E-state index < -0.39 is 6.29 Å². The molecule has 4 aromatic carbocycles. The molecule has 0 saturated carbocycles. The van der Waals surface area contributed by atoms with Crippen LogP contribution in [0, 0.1) is 5.92 Å². The molecule has 1 aliphatic rings. The first-order valence-electron chi connectivity index (χ1n) is 15.1. The Hall–Kier alpha value is -4.50. The zero-order valence-corrected chi connectivity index (χ0v) is 25.0. The molecule has 4 unspecified atom stereocenters. The number of hydrogen-bond donors (Lipinski definition) is 3. The van der Waals surface area contributed by atoms with Gasteiger partial charge in [0.25, 0.3) is 0 Å². The summed E-state index contributed by atoms with van der Waals surface area (Å²) in [5.41, 5.74) is 8.00. The molecule has 3 N–H and O–H groups in total. The minimum atomic E-state index is -0.572. The number of imidazole rings is 1. The normalized spacial score (nSPS) is 20.0. The second-order valence-electron chi connectivity index (χ2n) is 11.2. The van der Waals surface area contributed by atoms with Gasteiger partial charge >= 0.3 is 6.03 Å². The van der Waals surface area contributed by atoms with Gasteiger partial charge in [0.15, 0.2) is 6.29 Å². The maximum Gasteiger partial charge on any atom is 0.315 e. The maximum atomic E-state index is 12.0. The van der Waals surface area contributed by atoms with E-state index in [2.05, 4.69) is 63.5 Å². The lowest BCUT2D eigenvalue weighted by atomic mass is 9.90. The van der Waals surface area contributed by atoms with Crippen molar-refractivity contribution >= 4 is 17.1 Å². The smallest absolute Gasteiger partial charge is 0.315 e. The number of aliphatic hydroxyl groups excluding tert-OH is 1. The summed E-state index contributed by atoms with van der Waals surface area (Å²) in [6, 6.07) is 32.2. The Morgan fingerprint density at radius 2 is 1.61 bits per heavy atom. The summed E-state index contributed by atoms with van der Waals surface area (Å²) in [6.45, 7) is 5.70. The van der Waals surface area contributed by atoms with E-state index >= 15 is 0 Å². The molecular formula is C36H38N4O4. The molecule has 0 radical (unpaired) electrons. The van der Waals surface area contributed by atoms with Crippen LogP contribution in [0.2, 0.25) is 0 Å². The van der Waals surface area contributed by atoms with Gasteiger partial charge in [0, 0.05) is 24.6 Å². The molecular weight excluding hydrogens is 552 g/mol. The number of amides is 2. The topological polar surface area (TPSA) is 97.6 Å². The average Bonchev–Trinajstić information content (AvgIpc) is 3.48. The predicted molar refractivity (Wildman–Crippen MR) is 170 cm³/mol. The van der Waals surface area contributed by atoms with Crippen molar-refractivity contribution in [2.24, 2.45) is 5.92 Å². The summed E-state index contributed by atoms with van der Waals surface area (Å²) in [5, 5.41) is 15.3. The van der Waals surface area contributed by atoms with Crippen LogP contribution >= 0.6 is 0 Å². The number of carbonyl (C=O) groups excluding carboxylic acids is 1. The van der Waals surface area contributed by atoms with Gasteiger partial charge in [-0.15, -0.1) is 0 Å². The van der Waals surface area contributed by atoms with Crippen LogP contribution in [-0.2, 0) is 29.2 Å². The molecule has 2 amide bonds. The summed E-state index contributed by atoms with van der Waals surface area (Å²) in [7, 11) is 0. The lowest BCUT2D eigenvalue weighted by molar-refractivity contribution is -0.276. The van der Waals surface area contributed by atoms with Crippen LogP contribution in [0.5, 0.6) is 0 Å². The zero-order valence-electron chi connectivity index (χ0n) is 25.0. The Bertz CT molecular complexity index is 1700. The lowest BCUT2D eigenvalue weighted by Crippen LogP contribution is -2.39. The highest BCUT2D eigenvalue weighted by Crippen LogP contribution is 2.42. The van der Waals surface area contributed by atoms with E-state index in [0.717, 1.165) is 44.4 Å². The fraction of sp³-hybridized carbons (Fsp3) is 0.278. The number of aliphatic hydroxyl groups is 1. The second-order valence-corrected chi connectivity index (χ2v) is 11.2. The molecule has 8 heteroatoms. The standard InChI is InChI=1S/C36H38N4O4/c1-3-37-36(42)38-20-29-8-4-5-9-30(29)26-16-18-28(19-17-26)35-43-33(21-40-23-39-31-10-6-7-11-32(31)40)24(2)34(44-35)27-14-12-25(22-41)13-15-27/h4-19,23-24,33-35,41H,3,20-22H2,1-2H3,(H2,37,38,42). The van der Waals surface area contributed by atoms with E-state index in [1.165, 1.54) is 0 Å². The van der Waals surface area contributed by atoms with Gasteiger partial charge in [-0.3, -0.25) is 0 Å². The number of benzene rings is 4.